The number of likely N-dealkylation sites (tertiary alicyclic amines) is 1. The summed E-state index contributed by atoms with van der Waals surface area (Å²) < 4.78 is 67.6. The number of aliphatic carboxylic acids is 1. The molecule has 0 unspecified atom stereocenters. The Morgan fingerprint density at radius 3 is 2.37 bits per heavy atom. The molecule has 1 amide bonds. The lowest BCUT2D eigenvalue weighted by Gasteiger charge is -2.18. The number of carbonyl (C=O) groups excluding carboxylic acids is 1. The van der Waals surface area contributed by atoms with Crippen LogP contribution >= 0.6 is 0 Å². The van der Waals surface area contributed by atoms with E-state index in [0.717, 1.165) is 34.8 Å². The van der Waals surface area contributed by atoms with Gasteiger partial charge in [-0.1, -0.05) is 24.3 Å². The Hall–Kier alpha value is -4.47. The topological polar surface area (TPSA) is 172 Å². The van der Waals surface area contributed by atoms with E-state index in [2.05, 4.69) is 10.3 Å². The highest BCUT2D eigenvalue weighted by atomic mass is 32.2. The highest BCUT2D eigenvalue weighted by Gasteiger charge is 2.38. The molecule has 3 aromatic carbocycles. The molecular weight excluding hydrogens is 593 g/mol. The van der Waals surface area contributed by atoms with Crippen molar-refractivity contribution in [3.8, 4) is 5.75 Å². The SMILES string of the molecule is CN[C@H]1CCN(Cc2cccc3nc(N)ccc23)C1=O.COc1ccc2ccc(S(=O)(=O)O)cc2c1.O=C(O)C(F)(F)F. The number of halogens is 3. The molecule has 4 aromatic rings. The van der Waals surface area contributed by atoms with Crippen molar-refractivity contribution in [2.45, 2.75) is 30.1 Å². The molecule has 0 saturated carbocycles. The van der Waals surface area contributed by atoms with Crippen molar-refractivity contribution in [1.29, 1.82) is 0 Å². The van der Waals surface area contributed by atoms with Crippen LogP contribution in [-0.4, -0.2) is 72.8 Å². The van der Waals surface area contributed by atoms with Crippen LogP contribution in [0.3, 0.4) is 0 Å². The smallest absolute Gasteiger partial charge is 0.490 e. The number of hydrogen-bond acceptors (Lipinski definition) is 8. The average molecular weight is 623 g/mol. The Labute approximate surface area is 244 Å². The number of fused-ring (bicyclic) bond motifs is 2. The van der Waals surface area contributed by atoms with Crippen molar-refractivity contribution in [1.82, 2.24) is 15.2 Å². The van der Waals surface area contributed by atoms with E-state index < -0.39 is 22.3 Å². The van der Waals surface area contributed by atoms with Crippen molar-refractivity contribution in [3.63, 3.8) is 0 Å². The van der Waals surface area contributed by atoms with Gasteiger partial charge >= 0.3 is 12.1 Å². The van der Waals surface area contributed by atoms with Crippen molar-refractivity contribution >= 4 is 49.5 Å². The Morgan fingerprint density at radius 1 is 1.12 bits per heavy atom. The number of nitrogens with zero attached hydrogens (tertiary/aromatic N) is 2. The second-order valence-corrected chi connectivity index (χ2v) is 10.7. The van der Waals surface area contributed by atoms with Gasteiger partial charge in [0.2, 0.25) is 5.91 Å². The molecule has 0 radical (unpaired) electrons. The lowest BCUT2D eigenvalue weighted by molar-refractivity contribution is -0.192. The van der Waals surface area contributed by atoms with Crippen LogP contribution in [-0.2, 0) is 26.3 Å². The van der Waals surface area contributed by atoms with Crippen LogP contribution in [0.5, 0.6) is 5.75 Å². The molecule has 0 bridgehead atoms. The van der Waals surface area contributed by atoms with Gasteiger partial charge in [0, 0.05) is 18.5 Å². The number of hydrogen-bond donors (Lipinski definition) is 4. The molecule has 43 heavy (non-hydrogen) atoms. The van der Waals surface area contributed by atoms with Gasteiger partial charge in [-0.3, -0.25) is 9.35 Å². The van der Waals surface area contributed by atoms with E-state index in [9.17, 15) is 26.4 Å². The number of carbonyl (C=O) groups is 2. The lowest BCUT2D eigenvalue weighted by Crippen LogP contribution is -2.35. The van der Waals surface area contributed by atoms with Gasteiger partial charge in [0.25, 0.3) is 10.1 Å². The molecule has 15 heteroatoms. The summed E-state index contributed by atoms with van der Waals surface area (Å²) in [6, 6.07) is 19.4. The fourth-order valence-corrected chi connectivity index (χ4v) is 4.75. The predicted molar refractivity (Wildman–Crippen MR) is 153 cm³/mol. The Kier molecular flexibility index (Phi) is 10.5. The summed E-state index contributed by atoms with van der Waals surface area (Å²) in [6.45, 7) is 1.42. The van der Waals surface area contributed by atoms with Gasteiger partial charge in [0.1, 0.15) is 11.6 Å². The summed E-state index contributed by atoms with van der Waals surface area (Å²) in [6.07, 6.45) is -4.22. The monoisotopic (exact) mass is 622 g/mol. The molecule has 1 aliphatic heterocycles. The van der Waals surface area contributed by atoms with E-state index in [1.165, 1.54) is 19.2 Å². The minimum absolute atomic E-state index is 0.0428. The van der Waals surface area contributed by atoms with Crippen LogP contribution in [0.15, 0.2) is 71.6 Å². The summed E-state index contributed by atoms with van der Waals surface area (Å²) in [5.74, 6) is -1.43. The van der Waals surface area contributed by atoms with Gasteiger partial charge in [-0.2, -0.15) is 21.6 Å². The number of likely N-dealkylation sites (N-methyl/N-ethyl adjacent to an activating group) is 1. The first-order valence-corrected chi connectivity index (χ1v) is 14.0. The molecule has 5 rings (SSSR count). The molecule has 1 fully saturated rings. The molecule has 0 aliphatic carbocycles. The number of rotatable bonds is 5. The van der Waals surface area contributed by atoms with Crippen LogP contribution in [0.1, 0.15) is 12.0 Å². The zero-order valence-electron chi connectivity index (χ0n) is 23.0. The second-order valence-electron chi connectivity index (χ2n) is 9.26. The number of carboxylic acid groups (broad SMARTS) is 1. The molecule has 0 spiro atoms. The number of nitrogen functional groups attached to an aromatic ring is 1. The standard InChI is InChI=1S/C15H18N4O.C11H10O4S.C2HF3O2/c1-17-13-7-8-19(15(13)20)9-10-3-2-4-12-11(10)5-6-14(16)18-12;1-15-10-4-2-8-3-5-11(16(12,13)14)7-9(8)6-10;3-2(4,5)1(6)7/h2-6,13,17H,7-9H2,1H3,(H2,16,18);2-7H,1H3,(H,12,13,14);(H,6,7)/t13-;;/m0../s1. The van der Waals surface area contributed by atoms with Gasteiger partial charge in [-0.15, -0.1) is 0 Å². The highest BCUT2D eigenvalue weighted by molar-refractivity contribution is 7.85. The third-order valence-electron chi connectivity index (χ3n) is 6.41. The number of amides is 1. The van der Waals surface area contributed by atoms with Crippen LogP contribution < -0.4 is 15.8 Å². The first-order valence-electron chi connectivity index (χ1n) is 12.6. The Bertz CT molecular complexity index is 1730. The minimum atomic E-state index is -5.08. The number of alkyl halides is 3. The molecule has 1 aliphatic rings. The van der Waals surface area contributed by atoms with Gasteiger partial charge in [-0.05, 0) is 72.3 Å². The van der Waals surface area contributed by atoms with E-state index in [1.807, 2.05) is 42.3 Å². The maximum atomic E-state index is 12.2. The van der Waals surface area contributed by atoms with Crippen LogP contribution in [0.25, 0.3) is 21.7 Å². The quantitative estimate of drug-likeness (QED) is 0.240. The van der Waals surface area contributed by atoms with E-state index >= 15 is 0 Å². The Balaban J connectivity index is 0.000000197. The van der Waals surface area contributed by atoms with E-state index in [0.29, 0.717) is 23.5 Å². The summed E-state index contributed by atoms with van der Waals surface area (Å²) in [5, 5.41) is 12.8. The molecular formula is C28H29F3N4O7S. The minimum Gasteiger partial charge on any atom is -0.497 e. The number of aromatic nitrogens is 1. The van der Waals surface area contributed by atoms with Gasteiger partial charge < -0.3 is 25.8 Å². The van der Waals surface area contributed by atoms with Crippen molar-refractivity contribution in [3.05, 3.63) is 72.3 Å². The number of nitrogens with one attached hydrogen (secondary N) is 1. The number of pyridine rings is 1. The van der Waals surface area contributed by atoms with Gasteiger partial charge in [-0.25, -0.2) is 9.78 Å². The third-order valence-corrected chi connectivity index (χ3v) is 7.26. The van der Waals surface area contributed by atoms with Crippen molar-refractivity contribution in [2.24, 2.45) is 0 Å². The van der Waals surface area contributed by atoms with Crippen molar-refractivity contribution in [2.75, 3.05) is 26.4 Å². The van der Waals surface area contributed by atoms with Crippen LogP contribution in [0.2, 0.25) is 0 Å². The second kappa shape index (κ2) is 13.7. The first-order chi connectivity index (χ1) is 20.1. The number of methoxy groups -OCH3 is 1. The molecule has 2 heterocycles. The van der Waals surface area contributed by atoms with Crippen LogP contribution in [0, 0.1) is 0 Å². The summed E-state index contributed by atoms with van der Waals surface area (Å²) >= 11 is 0. The average Bonchev–Trinajstić information content (AvgIpc) is 3.30. The zero-order chi connectivity index (χ0) is 31.9. The lowest BCUT2D eigenvalue weighted by atomic mass is 10.1. The fraction of sp³-hybridized carbons (Fsp3) is 0.250. The predicted octanol–water partition coefficient (Wildman–Crippen LogP) is 3.87. The van der Waals surface area contributed by atoms with Gasteiger partial charge in [0.05, 0.1) is 23.6 Å². The first kappa shape index (κ1) is 33.0. The summed E-state index contributed by atoms with van der Waals surface area (Å²) in [4.78, 5) is 27.2. The maximum Gasteiger partial charge on any atom is 0.490 e. The summed E-state index contributed by atoms with van der Waals surface area (Å²) in [7, 11) is -0.789. The zero-order valence-corrected chi connectivity index (χ0v) is 23.8. The maximum absolute atomic E-state index is 12.2. The molecule has 230 valence electrons. The number of benzene rings is 3. The normalized spacial score (nSPS) is 15.0. The van der Waals surface area contributed by atoms with E-state index in [-0.39, 0.29) is 16.8 Å². The molecule has 1 saturated heterocycles. The van der Waals surface area contributed by atoms with E-state index in [1.54, 1.807) is 24.3 Å². The van der Waals surface area contributed by atoms with Crippen LogP contribution in [0.4, 0.5) is 19.0 Å². The Morgan fingerprint density at radius 2 is 1.79 bits per heavy atom. The number of nitrogens with two attached hydrogens (primary N) is 1. The molecule has 1 atom stereocenters. The highest BCUT2D eigenvalue weighted by Crippen LogP contribution is 2.24. The van der Waals surface area contributed by atoms with Gasteiger partial charge in [0.15, 0.2) is 0 Å². The van der Waals surface area contributed by atoms with Crippen molar-refractivity contribution < 1.29 is 45.6 Å². The number of anilines is 1. The fourth-order valence-electron chi connectivity index (χ4n) is 4.23. The number of carboxylic acids is 1. The molecule has 5 N–H and O–H groups in total. The third kappa shape index (κ3) is 8.76. The molecule has 11 nitrogen and oxygen atoms in total. The van der Waals surface area contributed by atoms with E-state index in [4.69, 9.17) is 24.9 Å². The number of ether oxygens (including phenoxy) is 1. The molecule has 1 aromatic heterocycles. The largest absolute Gasteiger partial charge is 0.497 e. The summed E-state index contributed by atoms with van der Waals surface area (Å²) in [5.41, 5.74) is 7.70.